The van der Waals surface area contributed by atoms with Crippen molar-refractivity contribution in [2.75, 3.05) is 13.2 Å². The molecule has 0 aromatic heterocycles. The maximum Gasteiger partial charge on any atom is 0.252 e. The van der Waals surface area contributed by atoms with Gasteiger partial charge in [0.15, 0.2) is 0 Å². The highest BCUT2D eigenvalue weighted by Crippen LogP contribution is 2.41. The van der Waals surface area contributed by atoms with Crippen LogP contribution in [0.3, 0.4) is 0 Å². The van der Waals surface area contributed by atoms with Gasteiger partial charge in [-0.3, -0.25) is 4.79 Å². The van der Waals surface area contributed by atoms with Gasteiger partial charge in [-0.2, -0.15) is 0 Å². The molecule has 0 saturated heterocycles. The average Bonchev–Trinajstić information content (AvgIpc) is 2.59. The Morgan fingerprint density at radius 3 is 2.88 bits per heavy atom. The van der Waals surface area contributed by atoms with E-state index in [1.54, 1.807) is 0 Å². The highest BCUT2D eigenvalue weighted by molar-refractivity contribution is 5.85. The fraction of sp³-hybridized carbons (Fsp3) is 0.667. The van der Waals surface area contributed by atoms with E-state index in [9.17, 15) is 9.90 Å². The molecule has 1 aliphatic carbocycles. The number of fused-ring (bicyclic) bond motifs is 1. The number of nitrogens with one attached hydrogen (secondary N) is 1. The van der Waals surface area contributed by atoms with Crippen LogP contribution >= 0.6 is 0 Å². The minimum Gasteiger partial charge on any atom is -0.380 e. The maximum absolute atomic E-state index is 12.9. The van der Waals surface area contributed by atoms with Crippen molar-refractivity contribution in [1.82, 2.24) is 5.32 Å². The van der Waals surface area contributed by atoms with Gasteiger partial charge < -0.3 is 15.2 Å². The second-order valence-electron chi connectivity index (χ2n) is 8.18. The molecule has 1 aromatic rings. The van der Waals surface area contributed by atoms with Crippen molar-refractivity contribution in [2.45, 2.75) is 58.2 Å². The van der Waals surface area contributed by atoms with Gasteiger partial charge in [0.25, 0.3) is 5.91 Å². The molecule has 1 aliphatic heterocycles. The molecule has 138 valence electrons. The first-order valence-corrected chi connectivity index (χ1v) is 9.62. The Hall–Kier alpha value is -1.39. The Morgan fingerprint density at radius 2 is 2.12 bits per heavy atom. The van der Waals surface area contributed by atoms with Gasteiger partial charge in [-0.25, -0.2) is 0 Å². The van der Waals surface area contributed by atoms with Crippen LogP contribution in [-0.4, -0.2) is 29.8 Å². The summed E-state index contributed by atoms with van der Waals surface area (Å²) < 4.78 is 5.87. The minimum atomic E-state index is -1.26. The van der Waals surface area contributed by atoms with E-state index in [2.05, 4.69) is 38.2 Å². The third-order valence-corrected chi connectivity index (χ3v) is 5.98. The topological polar surface area (TPSA) is 58.6 Å². The van der Waals surface area contributed by atoms with E-state index in [4.69, 9.17) is 4.74 Å². The summed E-state index contributed by atoms with van der Waals surface area (Å²) in [5.41, 5.74) is 1.18. The van der Waals surface area contributed by atoms with Crippen molar-refractivity contribution in [3.05, 3.63) is 35.4 Å². The predicted molar refractivity (Wildman–Crippen MR) is 98.1 cm³/mol. The molecule has 25 heavy (non-hydrogen) atoms. The van der Waals surface area contributed by atoms with Crippen LogP contribution in [0, 0.1) is 17.8 Å². The number of rotatable bonds is 4. The van der Waals surface area contributed by atoms with Crippen molar-refractivity contribution >= 4 is 5.91 Å². The minimum absolute atomic E-state index is 0.0169. The number of ether oxygens (including phenoxy) is 1. The van der Waals surface area contributed by atoms with E-state index in [1.807, 2.05) is 12.1 Å². The van der Waals surface area contributed by atoms with E-state index in [-0.39, 0.29) is 23.8 Å². The average molecular weight is 345 g/mol. The molecule has 4 atom stereocenters. The van der Waals surface area contributed by atoms with E-state index < -0.39 is 5.60 Å². The SMILES string of the molecule is CC(C)[C@@H]1CC[C@@H](C)C[C@@]1(O)C(=O)NC[C@@H]1OCCc2ccccc21. The summed E-state index contributed by atoms with van der Waals surface area (Å²) in [5, 5.41) is 14.2. The molecule has 1 amide bonds. The molecule has 0 spiro atoms. The van der Waals surface area contributed by atoms with Gasteiger partial charge in [0.05, 0.1) is 6.61 Å². The molecule has 1 aromatic carbocycles. The number of carbonyl (C=O) groups excluding carboxylic acids is 1. The Kier molecular flexibility index (Phi) is 5.49. The van der Waals surface area contributed by atoms with Gasteiger partial charge in [0, 0.05) is 6.54 Å². The first-order valence-electron chi connectivity index (χ1n) is 9.62. The molecule has 2 N–H and O–H groups in total. The molecule has 0 unspecified atom stereocenters. The zero-order chi connectivity index (χ0) is 18.0. The highest BCUT2D eigenvalue weighted by atomic mass is 16.5. The lowest BCUT2D eigenvalue weighted by Gasteiger charge is -2.43. The number of benzene rings is 1. The van der Waals surface area contributed by atoms with Gasteiger partial charge in [0.2, 0.25) is 0 Å². The van der Waals surface area contributed by atoms with Crippen LogP contribution in [0.15, 0.2) is 24.3 Å². The standard InChI is InChI=1S/C21H31NO3/c1-14(2)18-9-8-15(3)12-21(18,24)20(23)22-13-19-17-7-5-4-6-16(17)10-11-25-19/h4-7,14-15,18-19,24H,8-13H2,1-3H3,(H,22,23)/t15-,18+,19+,21+/m1/s1. The first kappa shape index (κ1) is 18.4. The largest absolute Gasteiger partial charge is 0.380 e. The Bertz CT molecular complexity index is 615. The second-order valence-corrected chi connectivity index (χ2v) is 8.18. The summed E-state index contributed by atoms with van der Waals surface area (Å²) in [6.45, 7) is 7.40. The monoisotopic (exact) mass is 345 g/mol. The summed E-state index contributed by atoms with van der Waals surface area (Å²) in [6, 6.07) is 8.24. The van der Waals surface area contributed by atoms with Crippen LogP contribution in [0.1, 0.15) is 57.3 Å². The molecule has 1 saturated carbocycles. The van der Waals surface area contributed by atoms with Gasteiger partial charge in [-0.05, 0) is 48.1 Å². The molecule has 0 radical (unpaired) electrons. The number of hydrogen-bond acceptors (Lipinski definition) is 3. The van der Waals surface area contributed by atoms with Crippen LogP contribution in [0.25, 0.3) is 0 Å². The molecular weight excluding hydrogens is 314 g/mol. The number of carbonyl (C=O) groups is 1. The summed E-state index contributed by atoms with van der Waals surface area (Å²) in [4.78, 5) is 12.9. The normalized spacial score (nSPS) is 32.3. The molecule has 4 heteroatoms. The maximum atomic E-state index is 12.9. The van der Waals surface area contributed by atoms with Gasteiger partial charge in [-0.1, -0.05) is 51.5 Å². The van der Waals surface area contributed by atoms with Crippen molar-refractivity contribution in [3.63, 3.8) is 0 Å². The molecule has 1 heterocycles. The predicted octanol–water partition coefficient (Wildman–Crippen LogP) is 3.24. The highest BCUT2D eigenvalue weighted by Gasteiger charge is 2.48. The lowest BCUT2D eigenvalue weighted by Crippen LogP contribution is -2.56. The van der Waals surface area contributed by atoms with Crippen LogP contribution < -0.4 is 5.32 Å². The number of aliphatic hydroxyl groups is 1. The molecule has 3 rings (SSSR count). The summed E-state index contributed by atoms with van der Waals surface area (Å²) >= 11 is 0. The molecular formula is C21H31NO3. The van der Waals surface area contributed by atoms with Crippen LogP contribution in [0.4, 0.5) is 0 Å². The van der Waals surface area contributed by atoms with Crippen molar-refractivity contribution in [1.29, 1.82) is 0 Å². The van der Waals surface area contributed by atoms with E-state index in [1.165, 1.54) is 5.56 Å². The quantitative estimate of drug-likeness (QED) is 0.881. The fourth-order valence-corrected chi connectivity index (χ4v) is 4.62. The lowest BCUT2D eigenvalue weighted by atomic mass is 9.66. The summed E-state index contributed by atoms with van der Waals surface area (Å²) in [7, 11) is 0. The van der Waals surface area contributed by atoms with Crippen molar-refractivity contribution < 1.29 is 14.6 Å². The fourth-order valence-electron chi connectivity index (χ4n) is 4.62. The van der Waals surface area contributed by atoms with Gasteiger partial charge >= 0.3 is 0 Å². The smallest absolute Gasteiger partial charge is 0.252 e. The Morgan fingerprint density at radius 1 is 1.36 bits per heavy atom. The third-order valence-electron chi connectivity index (χ3n) is 5.98. The zero-order valence-electron chi connectivity index (χ0n) is 15.6. The number of hydrogen-bond donors (Lipinski definition) is 2. The van der Waals surface area contributed by atoms with E-state index in [0.717, 1.165) is 24.8 Å². The number of amides is 1. The Labute approximate surface area is 151 Å². The van der Waals surface area contributed by atoms with Crippen molar-refractivity contribution in [3.8, 4) is 0 Å². The first-order chi connectivity index (χ1) is 11.9. The molecule has 0 bridgehead atoms. The van der Waals surface area contributed by atoms with Gasteiger partial charge in [0.1, 0.15) is 11.7 Å². The molecule has 1 fully saturated rings. The summed E-state index contributed by atoms with van der Waals surface area (Å²) in [5.74, 6) is 0.444. The molecule has 4 nitrogen and oxygen atoms in total. The van der Waals surface area contributed by atoms with Crippen molar-refractivity contribution in [2.24, 2.45) is 17.8 Å². The second kappa shape index (κ2) is 7.46. The van der Waals surface area contributed by atoms with Crippen LogP contribution in [-0.2, 0) is 16.0 Å². The third kappa shape index (κ3) is 3.75. The van der Waals surface area contributed by atoms with Gasteiger partial charge in [-0.15, -0.1) is 0 Å². The van der Waals surface area contributed by atoms with E-state index >= 15 is 0 Å². The molecule has 2 aliphatic rings. The van der Waals surface area contributed by atoms with E-state index in [0.29, 0.717) is 25.5 Å². The van der Waals surface area contributed by atoms with Crippen LogP contribution in [0.2, 0.25) is 0 Å². The Balaban J connectivity index is 1.69. The van der Waals surface area contributed by atoms with Crippen LogP contribution in [0.5, 0.6) is 0 Å². The zero-order valence-corrected chi connectivity index (χ0v) is 15.6. The summed E-state index contributed by atoms with van der Waals surface area (Å²) in [6.07, 6.45) is 3.32. The lowest BCUT2D eigenvalue weighted by molar-refractivity contribution is -0.156.